The number of amides is 1. The van der Waals surface area contributed by atoms with Crippen LogP contribution in [0.1, 0.15) is 37.5 Å². The van der Waals surface area contributed by atoms with Gasteiger partial charge in [0, 0.05) is 5.69 Å². The molecule has 0 heterocycles. The molecular formula is C21H27N3O2S. The lowest BCUT2D eigenvalue weighted by Crippen LogP contribution is -2.45. The molecule has 0 spiro atoms. The number of anilines is 1. The number of thiocarbonyl (C=S) groups is 1. The van der Waals surface area contributed by atoms with Crippen LogP contribution in [0, 0.1) is 13.8 Å². The van der Waals surface area contributed by atoms with Crippen molar-refractivity contribution in [1.29, 1.82) is 0 Å². The van der Waals surface area contributed by atoms with E-state index < -0.39 is 0 Å². The summed E-state index contributed by atoms with van der Waals surface area (Å²) in [5, 5.41) is 3.38. The summed E-state index contributed by atoms with van der Waals surface area (Å²) < 4.78 is 5.51. The molecule has 6 heteroatoms. The number of rotatable bonds is 4. The van der Waals surface area contributed by atoms with E-state index in [1.807, 2.05) is 56.3 Å². The Morgan fingerprint density at radius 3 is 2.33 bits per heavy atom. The zero-order chi connectivity index (χ0) is 20.0. The summed E-state index contributed by atoms with van der Waals surface area (Å²) in [4.78, 5) is 11.9. The summed E-state index contributed by atoms with van der Waals surface area (Å²) in [5.41, 5.74) is 9.60. The smallest absolute Gasteiger partial charge is 0.276 e. The second kappa shape index (κ2) is 8.86. The first kappa shape index (κ1) is 20.7. The SMILES string of the molecule is Cc1ccc(C)c(NC(=S)NNC(=O)COc2ccc(C(C)(C)C)cc2)c1. The molecule has 3 N–H and O–H groups in total. The lowest BCUT2D eigenvalue weighted by Gasteiger charge is -2.19. The number of carbonyl (C=O) groups is 1. The average molecular weight is 386 g/mol. The second-order valence-electron chi connectivity index (χ2n) is 7.51. The second-order valence-corrected chi connectivity index (χ2v) is 7.92. The molecule has 1 amide bonds. The average Bonchev–Trinajstić information content (AvgIpc) is 2.61. The molecule has 0 aromatic heterocycles. The molecule has 0 aliphatic carbocycles. The molecule has 0 aliphatic rings. The van der Waals surface area contributed by atoms with Gasteiger partial charge in [-0.25, -0.2) is 0 Å². The predicted octanol–water partition coefficient (Wildman–Crippen LogP) is 4.00. The van der Waals surface area contributed by atoms with Gasteiger partial charge in [0.05, 0.1) is 0 Å². The van der Waals surface area contributed by atoms with E-state index in [9.17, 15) is 4.79 Å². The lowest BCUT2D eigenvalue weighted by atomic mass is 9.87. The third-order valence-electron chi connectivity index (χ3n) is 4.05. The van der Waals surface area contributed by atoms with Crippen LogP contribution < -0.4 is 20.9 Å². The van der Waals surface area contributed by atoms with Crippen molar-refractivity contribution in [3.8, 4) is 5.75 Å². The molecule has 2 rings (SSSR count). The quantitative estimate of drug-likeness (QED) is 0.549. The first-order valence-electron chi connectivity index (χ1n) is 8.81. The van der Waals surface area contributed by atoms with Crippen molar-refractivity contribution in [2.45, 2.75) is 40.0 Å². The van der Waals surface area contributed by atoms with E-state index in [2.05, 4.69) is 36.9 Å². The van der Waals surface area contributed by atoms with Crippen LogP contribution in [0.4, 0.5) is 5.69 Å². The maximum absolute atomic E-state index is 11.9. The molecule has 144 valence electrons. The van der Waals surface area contributed by atoms with Gasteiger partial charge < -0.3 is 10.1 Å². The molecular weight excluding hydrogens is 358 g/mol. The molecule has 0 saturated heterocycles. The highest BCUT2D eigenvalue weighted by Crippen LogP contribution is 2.24. The highest BCUT2D eigenvalue weighted by atomic mass is 32.1. The Bertz CT molecular complexity index is 811. The summed E-state index contributed by atoms with van der Waals surface area (Å²) in [6.45, 7) is 10.3. The molecule has 0 fully saturated rings. The standard InChI is InChI=1S/C21H27N3O2S/c1-14-6-7-15(2)18(12-14)22-20(27)24-23-19(25)13-26-17-10-8-16(9-11-17)21(3,4)5/h6-12H,13H2,1-5H3,(H,23,25)(H2,22,24,27). The number of hydrogen-bond donors (Lipinski definition) is 3. The Balaban J connectivity index is 1.77. The minimum atomic E-state index is -0.319. The summed E-state index contributed by atoms with van der Waals surface area (Å²) in [6, 6.07) is 13.8. The Morgan fingerprint density at radius 1 is 1.04 bits per heavy atom. The van der Waals surface area contributed by atoms with Crippen molar-refractivity contribution < 1.29 is 9.53 Å². The number of aryl methyl sites for hydroxylation is 2. The van der Waals surface area contributed by atoms with E-state index in [1.165, 1.54) is 5.56 Å². The molecule has 27 heavy (non-hydrogen) atoms. The van der Waals surface area contributed by atoms with Crippen molar-refractivity contribution in [3.63, 3.8) is 0 Å². The molecule has 2 aromatic rings. The van der Waals surface area contributed by atoms with Gasteiger partial charge in [-0.1, -0.05) is 45.0 Å². The number of hydrazine groups is 1. The molecule has 0 aliphatic heterocycles. The van der Waals surface area contributed by atoms with Crippen LogP contribution in [-0.4, -0.2) is 17.6 Å². The Morgan fingerprint density at radius 2 is 1.70 bits per heavy atom. The third kappa shape index (κ3) is 6.57. The van der Waals surface area contributed by atoms with Crippen LogP contribution in [0.3, 0.4) is 0 Å². The number of nitrogens with one attached hydrogen (secondary N) is 3. The van der Waals surface area contributed by atoms with Crippen molar-refractivity contribution in [3.05, 3.63) is 59.2 Å². The summed E-state index contributed by atoms with van der Waals surface area (Å²) >= 11 is 5.21. The largest absolute Gasteiger partial charge is 0.484 e. The van der Waals surface area contributed by atoms with Crippen LogP contribution in [0.2, 0.25) is 0 Å². The number of carbonyl (C=O) groups excluding carboxylic acids is 1. The number of hydrogen-bond acceptors (Lipinski definition) is 3. The van der Waals surface area contributed by atoms with Crippen molar-refractivity contribution in [2.24, 2.45) is 0 Å². The van der Waals surface area contributed by atoms with Crippen LogP contribution >= 0.6 is 12.2 Å². The van der Waals surface area contributed by atoms with Crippen LogP contribution in [0.15, 0.2) is 42.5 Å². The highest BCUT2D eigenvalue weighted by molar-refractivity contribution is 7.80. The van der Waals surface area contributed by atoms with Crippen LogP contribution in [0.25, 0.3) is 0 Å². The van der Waals surface area contributed by atoms with Gasteiger partial charge in [0.2, 0.25) is 0 Å². The lowest BCUT2D eigenvalue weighted by molar-refractivity contribution is -0.123. The molecule has 0 unspecified atom stereocenters. The van der Waals surface area contributed by atoms with E-state index in [1.54, 1.807) is 0 Å². The monoisotopic (exact) mass is 385 g/mol. The first-order chi connectivity index (χ1) is 12.6. The van der Waals surface area contributed by atoms with Gasteiger partial charge in [0.1, 0.15) is 5.75 Å². The van der Waals surface area contributed by atoms with Gasteiger partial charge in [-0.3, -0.25) is 15.6 Å². The minimum Gasteiger partial charge on any atom is -0.484 e. The Labute approximate surface area is 166 Å². The van der Waals surface area contributed by atoms with Gasteiger partial charge in [-0.15, -0.1) is 0 Å². The molecule has 5 nitrogen and oxygen atoms in total. The molecule has 2 aromatic carbocycles. The van der Waals surface area contributed by atoms with Crippen molar-refractivity contribution >= 4 is 28.9 Å². The molecule has 0 radical (unpaired) electrons. The van der Waals surface area contributed by atoms with Gasteiger partial charge in [-0.2, -0.15) is 0 Å². The van der Waals surface area contributed by atoms with E-state index in [0.717, 1.165) is 16.8 Å². The fraction of sp³-hybridized carbons (Fsp3) is 0.333. The Hall–Kier alpha value is -2.60. The summed E-state index contributed by atoms with van der Waals surface area (Å²) in [7, 11) is 0. The zero-order valence-electron chi connectivity index (χ0n) is 16.5. The summed E-state index contributed by atoms with van der Waals surface area (Å²) in [5.74, 6) is 0.328. The third-order valence-corrected chi connectivity index (χ3v) is 4.25. The Kier molecular flexibility index (Phi) is 6.80. The minimum absolute atomic E-state index is 0.0815. The van der Waals surface area contributed by atoms with E-state index in [-0.39, 0.29) is 17.9 Å². The molecule has 0 atom stereocenters. The topological polar surface area (TPSA) is 62.4 Å². The van der Waals surface area contributed by atoms with Crippen molar-refractivity contribution in [1.82, 2.24) is 10.9 Å². The van der Waals surface area contributed by atoms with Crippen LogP contribution in [0.5, 0.6) is 5.75 Å². The predicted molar refractivity (Wildman–Crippen MR) is 114 cm³/mol. The van der Waals surface area contributed by atoms with Gasteiger partial charge in [0.15, 0.2) is 11.7 Å². The first-order valence-corrected chi connectivity index (χ1v) is 9.22. The van der Waals surface area contributed by atoms with E-state index in [0.29, 0.717) is 10.9 Å². The van der Waals surface area contributed by atoms with Gasteiger partial charge in [0.25, 0.3) is 5.91 Å². The van der Waals surface area contributed by atoms with Crippen LogP contribution in [-0.2, 0) is 10.2 Å². The maximum Gasteiger partial charge on any atom is 0.276 e. The summed E-state index contributed by atoms with van der Waals surface area (Å²) in [6.07, 6.45) is 0. The number of ether oxygens (including phenoxy) is 1. The van der Waals surface area contributed by atoms with E-state index >= 15 is 0 Å². The molecule has 0 bridgehead atoms. The van der Waals surface area contributed by atoms with Crippen molar-refractivity contribution in [2.75, 3.05) is 11.9 Å². The molecule has 0 saturated carbocycles. The fourth-order valence-electron chi connectivity index (χ4n) is 2.39. The number of benzene rings is 2. The normalized spacial score (nSPS) is 10.9. The van der Waals surface area contributed by atoms with Gasteiger partial charge >= 0.3 is 0 Å². The zero-order valence-corrected chi connectivity index (χ0v) is 17.3. The van der Waals surface area contributed by atoms with E-state index in [4.69, 9.17) is 17.0 Å². The van der Waals surface area contributed by atoms with Gasteiger partial charge in [-0.05, 0) is 66.4 Å². The highest BCUT2D eigenvalue weighted by Gasteiger charge is 2.13. The fourth-order valence-corrected chi connectivity index (χ4v) is 2.55. The maximum atomic E-state index is 11.9.